The molecular weight excluding hydrogens is 258 g/mol. The van der Waals surface area contributed by atoms with Crippen LogP contribution in [0.1, 0.15) is 27.7 Å². The summed E-state index contributed by atoms with van der Waals surface area (Å²) in [4.78, 5) is 0. The summed E-state index contributed by atoms with van der Waals surface area (Å²) in [5.74, 6) is 1.02. The highest BCUT2D eigenvalue weighted by Gasteiger charge is 2.17. The number of rotatable bonds is 7. The van der Waals surface area contributed by atoms with Crippen molar-refractivity contribution in [1.29, 1.82) is 0 Å². The SMILES string of the molecule is CCP(CC)c1ccc(OC)cc1P(CC)CC. The van der Waals surface area contributed by atoms with Gasteiger partial charge in [0.1, 0.15) is 5.75 Å². The summed E-state index contributed by atoms with van der Waals surface area (Å²) in [6, 6.07) is 6.76. The highest BCUT2D eigenvalue weighted by Crippen LogP contribution is 2.40. The van der Waals surface area contributed by atoms with Gasteiger partial charge in [0.15, 0.2) is 0 Å². The summed E-state index contributed by atoms with van der Waals surface area (Å²) in [6.45, 7) is 9.28. The van der Waals surface area contributed by atoms with E-state index in [9.17, 15) is 0 Å². The van der Waals surface area contributed by atoms with E-state index in [4.69, 9.17) is 4.74 Å². The minimum Gasteiger partial charge on any atom is -0.497 e. The minimum atomic E-state index is -0.00174. The molecule has 1 aromatic carbocycles. The first-order valence-corrected chi connectivity index (χ1v) is 10.3. The molecule has 0 N–H and O–H groups in total. The molecule has 102 valence electrons. The van der Waals surface area contributed by atoms with E-state index in [1.807, 2.05) is 0 Å². The predicted octanol–water partition coefficient (Wildman–Crippen LogP) is 3.99. The van der Waals surface area contributed by atoms with E-state index in [1.165, 1.54) is 24.6 Å². The zero-order valence-corrected chi connectivity index (χ0v) is 14.2. The Bertz CT molecular complexity index is 358. The van der Waals surface area contributed by atoms with Crippen LogP contribution >= 0.6 is 15.8 Å². The van der Waals surface area contributed by atoms with Crippen LogP contribution in [0.25, 0.3) is 0 Å². The van der Waals surface area contributed by atoms with Crippen LogP contribution in [0.3, 0.4) is 0 Å². The minimum absolute atomic E-state index is 0.00174. The van der Waals surface area contributed by atoms with E-state index >= 15 is 0 Å². The van der Waals surface area contributed by atoms with E-state index in [0.29, 0.717) is 0 Å². The summed E-state index contributed by atoms with van der Waals surface area (Å²) in [7, 11) is 1.79. The van der Waals surface area contributed by atoms with Crippen molar-refractivity contribution in [3.05, 3.63) is 18.2 Å². The molecule has 3 heteroatoms. The fourth-order valence-electron chi connectivity index (χ4n) is 2.28. The van der Waals surface area contributed by atoms with E-state index in [1.54, 1.807) is 17.7 Å². The van der Waals surface area contributed by atoms with Gasteiger partial charge in [-0.15, -0.1) is 0 Å². The van der Waals surface area contributed by atoms with Crippen LogP contribution in [-0.4, -0.2) is 31.8 Å². The highest BCUT2D eigenvalue weighted by atomic mass is 31.1. The van der Waals surface area contributed by atoms with Crippen LogP contribution in [-0.2, 0) is 0 Å². The van der Waals surface area contributed by atoms with Crippen molar-refractivity contribution in [2.45, 2.75) is 27.7 Å². The van der Waals surface area contributed by atoms with Gasteiger partial charge in [0.2, 0.25) is 0 Å². The lowest BCUT2D eigenvalue weighted by Crippen LogP contribution is -2.24. The first kappa shape index (κ1) is 15.9. The third-order valence-corrected chi connectivity index (χ3v) is 8.74. The van der Waals surface area contributed by atoms with Crippen LogP contribution in [0, 0.1) is 0 Å². The fraction of sp³-hybridized carbons (Fsp3) is 0.600. The quantitative estimate of drug-likeness (QED) is 0.688. The van der Waals surface area contributed by atoms with Gasteiger partial charge in [-0.05, 0) is 47.4 Å². The molecule has 0 fully saturated rings. The zero-order valence-electron chi connectivity index (χ0n) is 12.4. The van der Waals surface area contributed by atoms with Gasteiger partial charge in [-0.25, -0.2) is 0 Å². The molecule has 0 spiro atoms. The lowest BCUT2D eigenvalue weighted by Gasteiger charge is -2.24. The zero-order chi connectivity index (χ0) is 13.5. The molecule has 0 saturated heterocycles. The van der Waals surface area contributed by atoms with E-state index in [2.05, 4.69) is 45.9 Å². The van der Waals surface area contributed by atoms with Crippen molar-refractivity contribution < 1.29 is 4.74 Å². The van der Waals surface area contributed by atoms with Crippen LogP contribution in [0.15, 0.2) is 18.2 Å². The van der Waals surface area contributed by atoms with Crippen LogP contribution in [0.5, 0.6) is 5.75 Å². The molecular formula is C15H26OP2. The fourth-order valence-corrected chi connectivity index (χ4v) is 6.77. The molecule has 1 aromatic rings. The molecule has 0 bridgehead atoms. The molecule has 0 aliphatic carbocycles. The molecule has 0 amide bonds. The molecule has 18 heavy (non-hydrogen) atoms. The summed E-state index contributed by atoms with van der Waals surface area (Å²) in [6.07, 6.45) is 5.15. The maximum absolute atomic E-state index is 5.41. The number of benzene rings is 1. The molecule has 0 unspecified atom stereocenters. The van der Waals surface area contributed by atoms with Crippen molar-refractivity contribution >= 4 is 26.5 Å². The second-order valence-electron chi connectivity index (χ2n) is 4.20. The Morgan fingerprint density at radius 1 is 0.833 bits per heavy atom. The Morgan fingerprint density at radius 3 is 1.78 bits per heavy atom. The summed E-state index contributed by atoms with van der Waals surface area (Å²) < 4.78 is 5.41. The first-order chi connectivity index (χ1) is 8.71. The Kier molecular flexibility index (Phi) is 7.20. The summed E-state index contributed by atoms with van der Waals surface area (Å²) in [5, 5.41) is 3.23. The number of methoxy groups -OCH3 is 1. The average Bonchev–Trinajstić information content (AvgIpc) is 2.42. The van der Waals surface area contributed by atoms with Crippen LogP contribution < -0.4 is 15.3 Å². The lowest BCUT2D eigenvalue weighted by atomic mass is 10.3. The smallest absolute Gasteiger partial charge is 0.119 e. The van der Waals surface area contributed by atoms with Gasteiger partial charge in [0, 0.05) is 0 Å². The Labute approximate surface area is 115 Å². The Balaban J connectivity index is 3.22. The number of ether oxygens (including phenoxy) is 1. The molecule has 0 saturated carbocycles. The van der Waals surface area contributed by atoms with Crippen molar-refractivity contribution in [3.63, 3.8) is 0 Å². The van der Waals surface area contributed by atoms with Crippen LogP contribution in [0.4, 0.5) is 0 Å². The number of hydrogen-bond acceptors (Lipinski definition) is 1. The second-order valence-corrected chi connectivity index (χ2v) is 9.85. The molecule has 0 aromatic heterocycles. The van der Waals surface area contributed by atoms with Gasteiger partial charge in [-0.1, -0.05) is 49.6 Å². The molecule has 0 aliphatic heterocycles. The largest absolute Gasteiger partial charge is 0.497 e. The maximum atomic E-state index is 5.41. The predicted molar refractivity (Wildman–Crippen MR) is 88.3 cm³/mol. The van der Waals surface area contributed by atoms with Gasteiger partial charge in [0.05, 0.1) is 7.11 Å². The van der Waals surface area contributed by atoms with E-state index in [0.717, 1.165) is 5.75 Å². The second kappa shape index (κ2) is 8.13. The van der Waals surface area contributed by atoms with Crippen LogP contribution in [0.2, 0.25) is 0 Å². The molecule has 0 aliphatic rings. The van der Waals surface area contributed by atoms with Gasteiger partial charge in [-0.3, -0.25) is 0 Å². The van der Waals surface area contributed by atoms with Crippen molar-refractivity contribution in [1.82, 2.24) is 0 Å². The average molecular weight is 284 g/mol. The third-order valence-electron chi connectivity index (χ3n) is 3.39. The molecule has 0 atom stereocenters. The Morgan fingerprint density at radius 2 is 1.33 bits per heavy atom. The normalized spacial score (nSPS) is 11.3. The highest BCUT2D eigenvalue weighted by molar-refractivity contribution is 7.71. The standard InChI is InChI=1S/C15H26OP2/c1-6-17(7-2)14-11-10-13(16-5)12-15(14)18(8-3)9-4/h10-12H,6-9H2,1-5H3. The van der Waals surface area contributed by atoms with Crippen molar-refractivity contribution in [2.75, 3.05) is 31.8 Å². The van der Waals surface area contributed by atoms with Crippen molar-refractivity contribution in [3.8, 4) is 5.75 Å². The maximum Gasteiger partial charge on any atom is 0.119 e. The van der Waals surface area contributed by atoms with Gasteiger partial charge < -0.3 is 4.74 Å². The monoisotopic (exact) mass is 284 g/mol. The number of hydrogen-bond donors (Lipinski definition) is 0. The third kappa shape index (κ3) is 3.69. The van der Waals surface area contributed by atoms with Crippen molar-refractivity contribution in [2.24, 2.45) is 0 Å². The summed E-state index contributed by atoms with van der Waals surface area (Å²) >= 11 is 0. The lowest BCUT2D eigenvalue weighted by molar-refractivity contribution is 0.415. The molecule has 1 rings (SSSR count). The van der Waals surface area contributed by atoms with E-state index < -0.39 is 0 Å². The van der Waals surface area contributed by atoms with Gasteiger partial charge in [-0.2, -0.15) is 0 Å². The molecule has 0 radical (unpaired) electrons. The van der Waals surface area contributed by atoms with E-state index in [-0.39, 0.29) is 15.8 Å². The van der Waals surface area contributed by atoms with Gasteiger partial charge >= 0.3 is 0 Å². The molecule has 0 heterocycles. The Hall–Kier alpha value is -0.120. The molecule has 1 nitrogen and oxygen atoms in total. The first-order valence-electron chi connectivity index (χ1n) is 6.89. The van der Waals surface area contributed by atoms with Gasteiger partial charge in [0.25, 0.3) is 0 Å². The topological polar surface area (TPSA) is 9.23 Å². The summed E-state index contributed by atoms with van der Waals surface area (Å²) in [5.41, 5.74) is 0.